The Hall–Kier alpha value is -2.82. The number of nitrogens with zero attached hydrogens (tertiary/aromatic N) is 3. The maximum atomic E-state index is 13.2. The molecule has 1 aliphatic heterocycles. The summed E-state index contributed by atoms with van der Waals surface area (Å²) in [5, 5.41) is 0. The molecule has 0 bridgehead atoms. The van der Waals surface area contributed by atoms with Crippen LogP contribution in [0.4, 0.5) is 4.39 Å². The van der Waals surface area contributed by atoms with Gasteiger partial charge in [0.05, 0.1) is 11.0 Å². The number of likely N-dealkylation sites (tertiary alicyclic amines) is 1. The van der Waals surface area contributed by atoms with Crippen LogP contribution in [0.3, 0.4) is 0 Å². The van der Waals surface area contributed by atoms with E-state index in [4.69, 9.17) is 0 Å². The van der Waals surface area contributed by atoms with Crippen molar-refractivity contribution in [3.05, 3.63) is 71.8 Å². The summed E-state index contributed by atoms with van der Waals surface area (Å²) in [4.78, 5) is 23.5. The SMILES string of the molecule is O=C(c1ccc2nccnc2c1)N1CCCC[C@@H](c2ccc(F)cc2)C1. The first-order valence-electron chi connectivity index (χ1n) is 8.96. The number of amides is 1. The molecule has 0 radical (unpaired) electrons. The number of hydrogen-bond acceptors (Lipinski definition) is 3. The van der Waals surface area contributed by atoms with Gasteiger partial charge in [0, 0.05) is 37.0 Å². The van der Waals surface area contributed by atoms with Crippen molar-refractivity contribution in [2.45, 2.75) is 25.2 Å². The Morgan fingerprint density at radius 3 is 2.58 bits per heavy atom. The van der Waals surface area contributed by atoms with Crippen molar-refractivity contribution in [2.24, 2.45) is 0 Å². The highest BCUT2D eigenvalue weighted by molar-refractivity contribution is 5.97. The first-order chi connectivity index (χ1) is 12.7. The molecule has 0 spiro atoms. The molecule has 4 rings (SSSR count). The Kier molecular flexibility index (Phi) is 4.61. The number of rotatable bonds is 2. The molecular weight excluding hydrogens is 329 g/mol. The predicted octanol–water partition coefficient (Wildman–Crippen LogP) is 4.18. The highest BCUT2D eigenvalue weighted by Crippen LogP contribution is 2.27. The van der Waals surface area contributed by atoms with Gasteiger partial charge in [-0.1, -0.05) is 18.6 Å². The molecule has 1 aromatic heterocycles. The van der Waals surface area contributed by atoms with Crippen molar-refractivity contribution in [3.63, 3.8) is 0 Å². The van der Waals surface area contributed by atoms with Crippen LogP contribution in [-0.2, 0) is 0 Å². The van der Waals surface area contributed by atoms with Crippen LogP contribution < -0.4 is 0 Å². The number of benzene rings is 2. The predicted molar refractivity (Wildman–Crippen MR) is 98.4 cm³/mol. The van der Waals surface area contributed by atoms with E-state index in [2.05, 4.69) is 9.97 Å². The second-order valence-electron chi connectivity index (χ2n) is 6.76. The summed E-state index contributed by atoms with van der Waals surface area (Å²) in [6, 6.07) is 12.1. The highest BCUT2D eigenvalue weighted by Gasteiger charge is 2.24. The van der Waals surface area contributed by atoms with Gasteiger partial charge in [0.2, 0.25) is 0 Å². The summed E-state index contributed by atoms with van der Waals surface area (Å²) in [7, 11) is 0. The van der Waals surface area contributed by atoms with Gasteiger partial charge < -0.3 is 4.90 Å². The van der Waals surface area contributed by atoms with Crippen molar-refractivity contribution < 1.29 is 9.18 Å². The van der Waals surface area contributed by atoms with E-state index >= 15 is 0 Å². The van der Waals surface area contributed by atoms with E-state index in [1.165, 1.54) is 12.1 Å². The van der Waals surface area contributed by atoms with E-state index in [1.807, 2.05) is 35.2 Å². The van der Waals surface area contributed by atoms with E-state index in [-0.39, 0.29) is 17.6 Å². The molecule has 2 aromatic carbocycles. The molecule has 1 atom stereocenters. The third-order valence-electron chi connectivity index (χ3n) is 5.02. The molecule has 2 heterocycles. The summed E-state index contributed by atoms with van der Waals surface area (Å²) in [5.41, 5.74) is 3.24. The first-order valence-corrected chi connectivity index (χ1v) is 8.96. The molecule has 5 heteroatoms. The van der Waals surface area contributed by atoms with Crippen LogP contribution in [-0.4, -0.2) is 33.9 Å². The molecule has 3 aromatic rings. The molecule has 1 amide bonds. The van der Waals surface area contributed by atoms with Crippen molar-refractivity contribution in [3.8, 4) is 0 Å². The second kappa shape index (κ2) is 7.20. The van der Waals surface area contributed by atoms with Crippen molar-refractivity contribution in [1.29, 1.82) is 0 Å². The summed E-state index contributed by atoms with van der Waals surface area (Å²) in [5.74, 6) is 0.0291. The standard InChI is InChI=1S/C21H20FN3O/c22-18-7-4-15(5-8-18)17-3-1-2-12-25(14-17)21(26)16-6-9-19-20(13-16)24-11-10-23-19/h4-11,13,17H,1-3,12,14H2/t17-/m1/s1. The molecule has 26 heavy (non-hydrogen) atoms. The zero-order valence-corrected chi connectivity index (χ0v) is 14.4. The number of halogens is 1. The topological polar surface area (TPSA) is 46.1 Å². The average Bonchev–Trinajstić information content (AvgIpc) is 2.94. The molecular formula is C21H20FN3O. The van der Waals surface area contributed by atoms with Crippen LogP contribution in [0, 0.1) is 5.82 Å². The molecule has 0 saturated carbocycles. The lowest BCUT2D eigenvalue weighted by Gasteiger charge is -2.25. The number of aromatic nitrogens is 2. The van der Waals surface area contributed by atoms with E-state index in [9.17, 15) is 9.18 Å². The van der Waals surface area contributed by atoms with Crippen LogP contribution in [0.15, 0.2) is 54.9 Å². The van der Waals surface area contributed by atoms with E-state index in [1.54, 1.807) is 12.4 Å². The van der Waals surface area contributed by atoms with Crippen molar-refractivity contribution >= 4 is 16.9 Å². The van der Waals surface area contributed by atoms with Gasteiger partial charge in [-0.05, 0) is 48.7 Å². The van der Waals surface area contributed by atoms with Gasteiger partial charge in [-0.25, -0.2) is 4.39 Å². The molecule has 0 unspecified atom stereocenters. The van der Waals surface area contributed by atoms with Gasteiger partial charge >= 0.3 is 0 Å². The summed E-state index contributed by atoms with van der Waals surface area (Å²) >= 11 is 0. The zero-order valence-electron chi connectivity index (χ0n) is 14.4. The number of hydrogen-bond donors (Lipinski definition) is 0. The third kappa shape index (κ3) is 3.43. The van der Waals surface area contributed by atoms with E-state index in [0.29, 0.717) is 12.1 Å². The Labute approximate surface area is 151 Å². The van der Waals surface area contributed by atoms with Crippen LogP contribution in [0.25, 0.3) is 11.0 Å². The molecule has 132 valence electrons. The minimum atomic E-state index is -0.229. The fraction of sp³-hybridized carbons (Fsp3) is 0.286. The number of fused-ring (bicyclic) bond motifs is 1. The lowest BCUT2D eigenvalue weighted by molar-refractivity contribution is 0.0754. The maximum absolute atomic E-state index is 13.2. The van der Waals surface area contributed by atoms with Crippen molar-refractivity contribution in [2.75, 3.05) is 13.1 Å². The summed E-state index contributed by atoms with van der Waals surface area (Å²) < 4.78 is 13.2. The normalized spacial score (nSPS) is 17.9. The van der Waals surface area contributed by atoms with Gasteiger partial charge in [0.1, 0.15) is 5.82 Å². The van der Waals surface area contributed by atoms with E-state index < -0.39 is 0 Å². The monoisotopic (exact) mass is 349 g/mol. The largest absolute Gasteiger partial charge is 0.338 e. The fourth-order valence-electron chi connectivity index (χ4n) is 3.61. The lowest BCUT2D eigenvalue weighted by Crippen LogP contribution is -2.34. The van der Waals surface area contributed by atoms with Crippen LogP contribution in [0.1, 0.15) is 41.1 Å². The number of carbonyl (C=O) groups is 1. The minimum Gasteiger partial charge on any atom is -0.338 e. The molecule has 1 fully saturated rings. The maximum Gasteiger partial charge on any atom is 0.253 e. The van der Waals surface area contributed by atoms with Crippen LogP contribution in [0.2, 0.25) is 0 Å². The van der Waals surface area contributed by atoms with Gasteiger partial charge in [-0.15, -0.1) is 0 Å². The molecule has 1 aliphatic rings. The molecule has 1 saturated heterocycles. The van der Waals surface area contributed by atoms with Gasteiger partial charge in [-0.2, -0.15) is 0 Å². The van der Waals surface area contributed by atoms with Crippen molar-refractivity contribution in [1.82, 2.24) is 14.9 Å². The summed E-state index contributed by atoms with van der Waals surface area (Å²) in [6.45, 7) is 1.40. The Morgan fingerprint density at radius 2 is 1.77 bits per heavy atom. The third-order valence-corrected chi connectivity index (χ3v) is 5.02. The Morgan fingerprint density at radius 1 is 1.00 bits per heavy atom. The van der Waals surface area contributed by atoms with Gasteiger partial charge in [0.15, 0.2) is 0 Å². The highest BCUT2D eigenvalue weighted by atomic mass is 19.1. The Balaban J connectivity index is 1.58. The second-order valence-corrected chi connectivity index (χ2v) is 6.76. The smallest absolute Gasteiger partial charge is 0.253 e. The number of carbonyl (C=O) groups excluding carboxylic acids is 1. The van der Waals surface area contributed by atoms with E-state index in [0.717, 1.165) is 42.4 Å². The Bertz CT molecular complexity index is 926. The first kappa shape index (κ1) is 16.6. The van der Waals surface area contributed by atoms with Gasteiger partial charge in [0.25, 0.3) is 5.91 Å². The average molecular weight is 349 g/mol. The van der Waals surface area contributed by atoms with Crippen LogP contribution >= 0.6 is 0 Å². The van der Waals surface area contributed by atoms with Gasteiger partial charge in [-0.3, -0.25) is 14.8 Å². The minimum absolute atomic E-state index is 0.0200. The molecule has 4 nitrogen and oxygen atoms in total. The quantitative estimate of drug-likeness (QED) is 0.697. The summed E-state index contributed by atoms with van der Waals surface area (Å²) in [6.07, 6.45) is 6.34. The fourth-order valence-corrected chi connectivity index (χ4v) is 3.61. The molecule has 0 N–H and O–H groups in total. The lowest BCUT2D eigenvalue weighted by atomic mass is 9.94. The molecule has 0 aliphatic carbocycles. The zero-order chi connectivity index (χ0) is 17.9. The van der Waals surface area contributed by atoms with Crippen LogP contribution in [0.5, 0.6) is 0 Å².